The van der Waals surface area contributed by atoms with E-state index in [9.17, 15) is 43.8 Å². The number of cyclic esters (lactones) is 1. The van der Waals surface area contributed by atoms with Crippen molar-refractivity contribution in [1.82, 2.24) is 4.98 Å². The van der Waals surface area contributed by atoms with Crippen molar-refractivity contribution in [2.75, 3.05) is 13.2 Å². The summed E-state index contributed by atoms with van der Waals surface area (Å²) in [6.45, 7) is 6.06. The van der Waals surface area contributed by atoms with Gasteiger partial charge in [0.05, 0.1) is 11.5 Å². The van der Waals surface area contributed by atoms with Crippen LogP contribution >= 0.6 is 0 Å². The summed E-state index contributed by atoms with van der Waals surface area (Å²) >= 11 is 0. The minimum atomic E-state index is -2.93. The molecule has 55 heavy (non-hydrogen) atoms. The summed E-state index contributed by atoms with van der Waals surface area (Å²) in [4.78, 5) is 111. The van der Waals surface area contributed by atoms with Crippen LogP contribution < -0.4 is 0 Å². The van der Waals surface area contributed by atoms with Crippen LogP contribution in [-0.2, 0) is 77.9 Å². The maximum absolute atomic E-state index is 15.1. The second kappa shape index (κ2) is 14.2. The van der Waals surface area contributed by atoms with E-state index in [-0.39, 0.29) is 17.5 Å². The second-order valence-electron chi connectivity index (χ2n) is 14.8. The van der Waals surface area contributed by atoms with E-state index in [0.29, 0.717) is 0 Å². The minimum absolute atomic E-state index is 0.0929. The summed E-state index contributed by atoms with van der Waals surface area (Å²) in [6, 6.07) is 1.45. The summed E-state index contributed by atoms with van der Waals surface area (Å²) in [6.07, 6.45) is -8.84. The fourth-order valence-electron chi connectivity index (χ4n) is 8.62. The lowest BCUT2D eigenvalue weighted by Gasteiger charge is -2.66. The molecule has 19 heteroatoms. The first-order valence-electron chi connectivity index (χ1n) is 17.3. The van der Waals surface area contributed by atoms with Gasteiger partial charge >= 0.3 is 41.8 Å². The minimum Gasteiger partial charge on any atom is -0.465 e. The monoisotopic (exact) mass is 777 g/mol. The van der Waals surface area contributed by atoms with E-state index in [1.807, 2.05) is 0 Å². The average Bonchev–Trinajstić information content (AvgIpc) is 3.30. The molecule has 19 nitrogen and oxygen atoms in total. The molecule has 2 saturated carbocycles. The number of ether oxygens (including phenoxy) is 8. The number of aromatic nitrogens is 1. The third-order valence-electron chi connectivity index (χ3n) is 10.8. The summed E-state index contributed by atoms with van der Waals surface area (Å²) < 4.78 is 46.8. The molecule has 3 heterocycles. The lowest BCUT2D eigenvalue weighted by atomic mass is 9.45. The number of carbonyl (C=O) groups excluding carboxylic acids is 8. The molecule has 2 aliphatic carbocycles. The molecule has 1 spiro atoms. The van der Waals surface area contributed by atoms with Crippen molar-refractivity contribution in [3.8, 4) is 0 Å². The van der Waals surface area contributed by atoms with Crippen molar-refractivity contribution in [3.63, 3.8) is 0 Å². The predicted octanol–water partition coefficient (Wildman–Crippen LogP) is -0.385. The molecule has 300 valence electrons. The Labute approximate surface area is 314 Å². The summed E-state index contributed by atoms with van der Waals surface area (Å²) in [5.74, 6) is -10.7. The highest BCUT2D eigenvalue weighted by Crippen LogP contribution is 2.69. The Morgan fingerprint density at radius 3 is 2.04 bits per heavy atom. The number of rotatable bonds is 6. The van der Waals surface area contributed by atoms with Gasteiger partial charge in [0.25, 0.3) is 0 Å². The molecule has 3 fully saturated rings. The normalized spacial score (nSPS) is 38.2. The zero-order valence-electron chi connectivity index (χ0n) is 31.4. The van der Waals surface area contributed by atoms with E-state index in [2.05, 4.69) is 4.98 Å². The maximum atomic E-state index is 15.1. The Hall–Kier alpha value is -5.01. The number of hydrogen-bond acceptors (Lipinski definition) is 19. The van der Waals surface area contributed by atoms with Crippen LogP contribution in [0.3, 0.4) is 0 Å². The first-order valence-corrected chi connectivity index (χ1v) is 17.3. The van der Waals surface area contributed by atoms with Crippen LogP contribution in [0.5, 0.6) is 0 Å². The summed E-state index contributed by atoms with van der Waals surface area (Å²) in [5.41, 5.74) is -12.9. The van der Waals surface area contributed by atoms with Gasteiger partial charge in [-0.05, 0) is 45.2 Å². The van der Waals surface area contributed by atoms with Crippen molar-refractivity contribution < 1.29 is 86.5 Å². The van der Waals surface area contributed by atoms with Crippen molar-refractivity contribution in [2.45, 2.75) is 121 Å². The fraction of sp³-hybridized carbons (Fsp3) is 0.639. The summed E-state index contributed by atoms with van der Waals surface area (Å²) in [7, 11) is 0. The molecule has 2 N–H and O–H groups in total. The number of pyridine rings is 1. The largest absolute Gasteiger partial charge is 0.465 e. The number of carbonyl (C=O) groups is 8. The number of ketones is 1. The zero-order chi connectivity index (χ0) is 41.1. The van der Waals surface area contributed by atoms with Crippen LogP contribution in [0.1, 0.15) is 77.7 Å². The fourth-order valence-corrected chi connectivity index (χ4v) is 8.62. The number of hydrogen-bond donors (Lipinski definition) is 2. The van der Waals surface area contributed by atoms with Crippen molar-refractivity contribution in [3.05, 3.63) is 29.6 Å². The van der Waals surface area contributed by atoms with E-state index in [0.717, 1.165) is 48.5 Å². The van der Waals surface area contributed by atoms with Crippen molar-refractivity contribution in [1.29, 1.82) is 0 Å². The first kappa shape index (κ1) is 41.2. The molecule has 2 aliphatic heterocycles. The van der Waals surface area contributed by atoms with E-state index >= 15 is 4.79 Å². The summed E-state index contributed by atoms with van der Waals surface area (Å²) in [5, 5.41) is 24.7. The molecule has 1 aromatic rings. The Kier molecular flexibility index (Phi) is 10.7. The highest BCUT2D eigenvalue weighted by Gasteiger charge is 2.91. The molecule has 5 rings (SSSR count). The Balaban J connectivity index is 1.96. The number of fused-ring (bicyclic) bond motifs is 5. The first-order chi connectivity index (χ1) is 25.5. The quantitative estimate of drug-likeness (QED) is 0.275. The lowest BCUT2D eigenvalue weighted by molar-refractivity contribution is -0.377. The van der Waals surface area contributed by atoms with Gasteiger partial charge in [0.2, 0.25) is 0 Å². The van der Waals surface area contributed by atoms with Crippen LogP contribution in [-0.4, -0.2) is 129 Å². The van der Waals surface area contributed by atoms with Crippen molar-refractivity contribution >= 4 is 47.6 Å². The topological polar surface area (TPSA) is 264 Å². The molecule has 0 amide bonds. The molecular formula is C36H43NO18. The predicted molar refractivity (Wildman–Crippen MR) is 176 cm³/mol. The third kappa shape index (κ3) is 6.60. The second-order valence-corrected chi connectivity index (χ2v) is 14.8. The van der Waals surface area contributed by atoms with E-state index in [1.165, 1.54) is 25.4 Å². The van der Waals surface area contributed by atoms with Gasteiger partial charge in [-0.3, -0.25) is 33.8 Å². The SMILES string of the molecule is CC(=O)OC[C@]12[C@H](OC(C)=O)C(=O)[C@@H]3[C@@H](OC(C)=O)[C@]14O[C@@]3(C)COC(=O)c1cnccc1CC[C@@](C)(O)C(=O)O[C@H]([C@H](OC(C)=O)[C@@H]2OC(C)=O)[C@]4(C)O. The highest BCUT2D eigenvalue weighted by molar-refractivity contribution is 5.94. The number of aryl methyl sites for hydroxylation is 1. The van der Waals surface area contributed by atoms with Gasteiger partial charge in [-0.25, -0.2) is 9.59 Å². The molecular weight excluding hydrogens is 734 g/mol. The van der Waals surface area contributed by atoms with Crippen LogP contribution in [0.15, 0.2) is 18.5 Å². The number of nitrogens with zero attached hydrogens (tertiary/aromatic N) is 1. The smallest absolute Gasteiger partial charge is 0.340 e. The van der Waals surface area contributed by atoms with Gasteiger partial charge in [0.15, 0.2) is 41.4 Å². The molecule has 11 atom stereocenters. The van der Waals surface area contributed by atoms with Gasteiger partial charge in [-0.1, -0.05) is 0 Å². The van der Waals surface area contributed by atoms with Crippen LogP contribution in [0.25, 0.3) is 0 Å². The van der Waals surface area contributed by atoms with E-state index in [1.54, 1.807) is 0 Å². The van der Waals surface area contributed by atoms with E-state index < -0.39 is 131 Å². The Morgan fingerprint density at radius 2 is 1.45 bits per heavy atom. The van der Waals surface area contributed by atoms with Gasteiger partial charge < -0.3 is 48.1 Å². The van der Waals surface area contributed by atoms with Gasteiger partial charge in [0, 0.05) is 47.0 Å². The zero-order valence-corrected chi connectivity index (χ0v) is 31.4. The Morgan fingerprint density at radius 1 is 0.855 bits per heavy atom. The maximum Gasteiger partial charge on any atom is 0.340 e. The van der Waals surface area contributed by atoms with Gasteiger partial charge in [-0.2, -0.15) is 0 Å². The molecule has 4 bridgehead atoms. The van der Waals surface area contributed by atoms with Gasteiger partial charge in [-0.15, -0.1) is 0 Å². The van der Waals surface area contributed by atoms with Crippen LogP contribution in [0.4, 0.5) is 0 Å². The van der Waals surface area contributed by atoms with Crippen LogP contribution in [0.2, 0.25) is 0 Å². The lowest BCUT2D eigenvalue weighted by Crippen LogP contribution is -2.88. The van der Waals surface area contributed by atoms with Gasteiger partial charge in [0.1, 0.15) is 35.9 Å². The standard InChI is InChI=1S/C36H43NO18/c1-16(38)48-15-35-27(52-19(4)41)24(43)23-26(51-18(3)40)36(35)34(8,47)28(25(50-17(2)39)29(35)53-20(5)42)54-31(45)32(6,46)11-9-21-10-12-37-13-22(21)30(44)49-14-33(23,7)55-36/h10,12-13,23,25-29,46-47H,9,11,14-15H2,1-8H3/t23-,25+,26-,27-,28-,29+,32-,33+,34+,35-,36-/m1/s1. The molecule has 1 saturated heterocycles. The molecule has 0 radical (unpaired) electrons. The molecule has 0 unspecified atom stereocenters. The molecule has 1 aromatic heterocycles. The number of esters is 7. The number of aliphatic hydroxyl groups is 2. The van der Waals surface area contributed by atoms with Crippen LogP contribution in [0, 0.1) is 11.3 Å². The molecule has 0 aromatic carbocycles. The highest BCUT2D eigenvalue weighted by atomic mass is 16.7. The molecule has 4 aliphatic rings. The third-order valence-corrected chi connectivity index (χ3v) is 10.8. The average molecular weight is 778 g/mol. The van der Waals surface area contributed by atoms with Crippen molar-refractivity contribution in [2.24, 2.45) is 11.3 Å². The number of Topliss-reactive ketones (excluding diaryl/α,β-unsaturated/α-hetero) is 1. The van der Waals surface area contributed by atoms with E-state index in [4.69, 9.17) is 37.9 Å². The Bertz CT molecular complexity index is 1820.